The Balaban J connectivity index is 1.89. The van der Waals surface area contributed by atoms with Gasteiger partial charge in [-0.25, -0.2) is 0 Å². The van der Waals surface area contributed by atoms with Crippen LogP contribution in [0.25, 0.3) is 10.8 Å². The van der Waals surface area contributed by atoms with E-state index in [1.165, 1.54) is 0 Å². The first kappa shape index (κ1) is 15.0. The molecule has 2 rings (SSSR count). The molecule has 2 aromatic rings. The van der Waals surface area contributed by atoms with E-state index in [0.717, 1.165) is 42.6 Å². The summed E-state index contributed by atoms with van der Waals surface area (Å²) < 4.78 is 5.51. The topological polar surface area (TPSA) is 47.0 Å². The van der Waals surface area contributed by atoms with Crippen molar-refractivity contribution < 1.29 is 4.74 Å². The zero-order chi connectivity index (χ0) is 14.4. The van der Waals surface area contributed by atoms with Gasteiger partial charge in [0, 0.05) is 23.9 Å². The van der Waals surface area contributed by atoms with Gasteiger partial charge in [0.1, 0.15) is 0 Å². The van der Waals surface area contributed by atoms with Crippen LogP contribution < -0.4 is 5.32 Å². The second kappa shape index (κ2) is 7.41. The van der Waals surface area contributed by atoms with E-state index in [4.69, 9.17) is 16.3 Å². The zero-order valence-electron chi connectivity index (χ0n) is 11.9. The predicted molar refractivity (Wildman–Crippen MR) is 83.4 cm³/mol. The first-order chi connectivity index (χ1) is 9.68. The lowest BCUT2D eigenvalue weighted by Crippen LogP contribution is -2.08. The number of hydrogen-bond donors (Lipinski definition) is 1. The van der Waals surface area contributed by atoms with E-state index in [1.54, 1.807) is 0 Å². The molecule has 0 unspecified atom stereocenters. The van der Waals surface area contributed by atoms with Gasteiger partial charge in [0.25, 0.3) is 0 Å². The molecule has 0 saturated heterocycles. The Labute approximate surface area is 124 Å². The Hall–Kier alpha value is -1.39. The van der Waals surface area contributed by atoms with Gasteiger partial charge >= 0.3 is 0 Å². The lowest BCUT2D eigenvalue weighted by atomic mass is 10.2. The second-order valence-electron chi connectivity index (χ2n) is 4.94. The van der Waals surface area contributed by atoms with Gasteiger partial charge in [0.15, 0.2) is 11.0 Å². The Morgan fingerprint density at radius 1 is 1.15 bits per heavy atom. The number of halogens is 1. The van der Waals surface area contributed by atoms with Crippen LogP contribution in [-0.2, 0) is 4.74 Å². The molecule has 1 aromatic heterocycles. The lowest BCUT2D eigenvalue weighted by molar-refractivity contribution is 0.0765. The highest BCUT2D eigenvalue weighted by molar-refractivity contribution is 6.34. The smallest absolute Gasteiger partial charge is 0.159 e. The Kier molecular flexibility index (Phi) is 5.56. The van der Waals surface area contributed by atoms with Gasteiger partial charge in [-0.3, -0.25) is 0 Å². The highest BCUT2D eigenvalue weighted by atomic mass is 35.5. The van der Waals surface area contributed by atoms with Crippen molar-refractivity contribution in [2.45, 2.75) is 32.8 Å². The van der Waals surface area contributed by atoms with Crippen LogP contribution in [0.4, 0.5) is 5.82 Å². The number of benzene rings is 1. The van der Waals surface area contributed by atoms with E-state index >= 15 is 0 Å². The molecule has 4 nitrogen and oxygen atoms in total. The van der Waals surface area contributed by atoms with Crippen LogP contribution in [-0.4, -0.2) is 29.5 Å². The maximum absolute atomic E-state index is 6.04. The van der Waals surface area contributed by atoms with Gasteiger partial charge in [-0.2, -0.15) is 0 Å². The van der Waals surface area contributed by atoms with Gasteiger partial charge in [-0.05, 0) is 26.7 Å². The van der Waals surface area contributed by atoms with Gasteiger partial charge < -0.3 is 10.1 Å². The van der Waals surface area contributed by atoms with E-state index in [1.807, 2.05) is 38.1 Å². The molecule has 1 aromatic carbocycles. The molecule has 0 radical (unpaired) electrons. The molecule has 1 heterocycles. The number of fused-ring (bicyclic) bond motifs is 1. The summed E-state index contributed by atoms with van der Waals surface area (Å²) in [6.07, 6.45) is 2.36. The van der Waals surface area contributed by atoms with Crippen molar-refractivity contribution in [3.05, 3.63) is 29.4 Å². The quantitative estimate of drug-likeness (QED) is 0.787. The number of aromatic nitrogens is 2. The van der Waals surface area contributed by atoms with Crippen molar-refractivity contribution in [1.29, 1.82) is 0 Å². The molecule has 0 aliphatic rings. The minimum atomic E-state index is 0.300. The number of anilines is 1. The summed E-state index contributed by atoms with van der Waals surface area (Å²) in [5.41, 5.74) is 0. The first-order valence-electron chi connectivity index (χ1n) is 6.95. The number of hydrogen-bond acceptors (Lipinski definition) is 4. The Morgan fingerprint density at radius 3 is 2.65 bits per heavy atom. The maximum Gasteiger partial charge on any atom is 0.159 e. The van der Waals surface area contributed by atoms with Crippen LogP contribution in [0.15, 0.2) is 24.3 Å². The van der Waals surface area contributed by atoms with Crippen molar-refractivity contribution in [3.8, 4) is 0 Å². The summed E-state index contributed by atoms with van der Waals surface area (Å²) in [4.78, 5) is 0. The molecule has 0 saturated carbocycles. The van der Waals surface area contributed by atoms with Gasteiger partial charge in [-0.1, -0.05) is 35.9 Å². The van der Waals surface area contributed by atoms with E-state index in [9.17, 15) is 0 Å². The Bertz CT molecular complexity index is 560. The second-order valence-corrected chi connectivity index (χ2v) is 5.30. The third kappa shape index (κ3) is 4.05. The lowest BCUT2D eigenvalue weighted by Gasteiger charge is -2.09. The number of rotatable bonds is 7. The third-order valence-electron chi connectivity index (χ3n) is 2.96. The Morgan fingerprint density at radius 2 is 1.90 bits per heavy atom. The van der Waals surface area contributed by atoms with Crippen LogP contribution in [0, 0.1) is 0 Å². The first-order valence-corrected chi connectivity index (χ1v) is 7.32. The minimum Gasteiger partial charge on any atom is -0.379 e. The number of ether oxygens (including phenoxy) is 1. The highest BCUT2D eigenvalue weighted by Gasteiger charge is 2.06. The van der Waals surface area contributed by atoms with Crippen molar-refractivity contribution in [2.75, 3.05) is 18.5 Å². The van der Waals surface area contributed by atoms with Gasteiger partial charge in [0.05, 0.1) is 6.10 Å². The largest absolute Gasteiger partial charge is 0.379 e. The summed E-state index contributed by atoms with van der Waals surface area (Å²) in [5, 5.41) is 13.8. The molecule has 0 bridgehead atoms. The average Bonchev–Trinajstić information content (AvgIpc) is 2.45. The molecular formula is C15H20ClN3O. The van der Waals surface area contributed by atoms with E-state index in [0.29, 0.717) is 11.3 Å². The van der Waals surface area contributed by atoms with Crippen LogP contribution in [0.2, 0.25) is 5.15 Å². The molecule has 1 N–H and O–H groups in total. The zero-order valence-corrected chi connectivity index (χ0v) is 12.7. The molecule has 0 aliphatic carbocycles. The van der Waals surface area contributed by atoms with E-state index < -0.39 is 0 Å². The van der Waals surface area contributed by atoms with E-state index in [-0.39, 0.29) is 0 Å². The van der Waals surface area contributed by atoms with E-state index in [2.05, 4.69) is 15.5 Å². The summed E-state index contributed by atoms with van der Waals surface area (Å²) in [6.45, 7) is 5.75. The van der Waals surface area contributed by atoms with Crippen molar-refractivity contribution in [2.24, 2.45) is 0 Å². The van der Waals surface area contributed by atoms with Crippen molar-refractivity contribution >= 4 is 28.2 Å². The summed E-state index contributed by atoms with van der Waals surface area (Å²) in [5.74, 6) is 0.787. The van der Waals surface area contributed by atoms with Crippen molar-refractivity contribution in [3.63, 3.8) is 0 Å². The predicted octanol–water partition coefficient (Wildman–Crippen LogP) is 3.90. The average molecular weight is 294 g/mol. The third-order valence-corrected chi connectivity index (χ3v) is 3.24. The molecule has 0 aliphatic heterocycles. The molecule has 0 amide bonds. The number of nitrogens with zero attached hydrogens (tertiary/aromatic N) is 2. The van der Waals surface area contributed by atoms with Crippen LogP contribution in [0.1, 0.15) is 26.7 Å². The molecule has 0 atom stereocenters. The van der Waals surface area contributed by atoms with Gasteiger partial charge in [0.2, 0.25) is 0 Å². The fourth-order valence-electron chi connectivity index (χ4n) is 1.95. The maximum atomic E-state index is 6.04. The fourth-order valence-corrected chi connectivity index (χ4v) is 2.16. The van der Waals surface area contributed by atoms with Gasteiger partial charge in [-0.15, -0.1) is 10.2 Å². The van der Waals surface area contributed by atoms with Crippen LogP contribution in [0.5, 0.6) is 0 Å². The summed E-state index contributed by atoms with van der Waals surface area (Å²) in [6, 6.07) is 7.87. The molecular weight excluding hydrogens is 274 g/mol. The summed E-state index contributed by atoms with van der Waals surface area (Å²) >= 11 is 6.04. The van der Waals surface area contributed by atoms with Crippen molar-refractivity contribution in [1.82, 2.24) is 10.2 Å². The standard InChI is InChI=1S/C15H20ClN3O/c1-11(2)20-10-6-5-9-17-15-13-8-4-3-7-12(13)14(16)18-19-15/h3-4,7-8,11H,5-6,9-10H2,1-2H3,(H,17,19). The normalized spacial score (nSPS) is 11.2. The van der Waals surface area contributed by atoms with Crippen LogP contribution >= 0.6 is 11.6 Å². The monoisotopic (exact) mass is 293 g/mol. The number of nitrogens with one attached hydrogen (secondary N) is 1. The molecule has 0 spiro atoms. The van der Waals surface area contributed by atoms with Crippen LogP contribution in [0.3, 0.4) is 0 Å². The molecule has 0 fully saturated rings. The number of unbranched alkanes of at least 4 members (excludes halogenated alkanes) is 1. The minimum absolute atomic E-state index is 0.300. The summed E-state index contributed by atoms with van der Waals surface area (Å²) in [7, 11) is 0. The SMILES string of the molecule is CC(C)OCCCCNc1nnc(Cl)c2ccccc12. The molecule has 5 heteroatoms. The fraction of sp³-hybridized carbons (Fsp3) is 0.467. The highest BCUT2D eigenvalue weighted by Crippen LogP contribution is 2.25. The molecule has 108 valence electrons. The molecule has 20 heavy (non-hydrogen) atoms.